The van der Waals surface area contributed by atoms with E-state index in [-0.39, 0.29) is 28.8 Å². The standard InChI is InChI=1S/C15H15N3O4/c1-17-7-5-9(8-13(17)20)10-4-6-16-15-12(19)3-2-11(14(10)15)18(21)22/h2-4,6,9,19H,5,7-8H2,1H3. The summed E-state index contributed by atoms with van der Waals surface area (Å²) in [6.45, 7) is 0.611. The topological polar surface area (TPSA) is 96.6 Å². The number of phenols is 1. The Morgan fingerprint density at radius 3 is 2.86 bits per heavy atom. The maximum atomic E-state index is 11.9. The van der Waals surface area contributed by atoms with Gasteiger partial charge < -0.3 is 10.0 Å². The zero-order chi connectivity index (χ0) is 15.9. The summed E-state index contributed by atoms with van der Waals surface area (Å²) >= 11 is 0. The Kier molecular flexibility index (Phi) is 3.40. The first-order valence-corrected chi connectivity index (χ1v) is 6.98. The van der Waals surface area contributed by atoms with E-state index in [9.17, 15) is 20.0 Å². The van der Waals surface area contributed by atoms with Crippen molar-refractivity contribution in [3.05, 3.63) is 40.1 Å². The highest BCUT2D eigenvalue weighted by atomic mass is 16.6. The van der Waals surface area contributed by atoms with Gasteiger partial charge in [0.1, 0.15) is 11.3 Å². The molecule has 0 spiro atoms. The minimum Gasteiger partial charge on any atom is -0.506 e. The second-order valence-corrected chi connectivity index (χ2v) is 5.49. The molecule has 0 aliphatic carbocycles. The smallest absolute Gasteiger partial charge is 0.279 e. The van der Waals surface area contributed by atoms with Gasteiger partial charge in [0, 0.05) is 32.3 Å². The Morgan fingerprint density at radius 1 is 1.41 bits per heavy atom. The van der Waals surface area contributed by atoms with E-state index in [2.05, 4.69) is 4.98 Å². The van der Waals surface area contributed by atoms with Crippen LogP contribution in [0.25, 0.3) is 10.9 Å². The lowest BCUT2D eigenvalue weighted by Crippen LogP contribution is -2.34. The van der Waals surface area contributed by atoms with Crippen LogP contribution in [0.5, 0.6) is 5.75 Å². The van der Waals surface area contributed by atoms with E-state index >= 15 is 0 Å². The maximum absolute atomic E-state index is 11.9. The third-order valence-corrected chi connectivity index (χ3v) is 4.18. The fraction of sp³-hybridized carbons (Fsp3) is 0.333. The van der Waals surface area contributed by atoms with E-state index in [0.717, 1.165) is 6.42 Å². The molecule has 2 aromatic rings. The van der Waals surface area contributed by atoms with Crippen molar-refractivity contribution in [3.63, 3.8) is 0 Å². The highest BCUT2D eigenvalue weighted by molar-refractivity contribution is 5.95. The molecule has 0 bridgehead atoms. The summed E-state index contributed by atoms with van der Waals surface area (Å²) in [6, 6.07) is 4.26. The first-order valence-electron chi connectivity index (χ1n) is 6.98. The Hall–Kier alpha value is -2.70. The number of nitro groups is 1. The van der Waals surface area contributed by atoms with Gasteiger partial charge in [0.15, 0.2) is 0 Å². The van der Waals surface area contributed by atoms with Crippen LogP contribution in [0.15, 0.2) is 24.4 Å². The number of nitrogens with zero attached hydrogens (tertiary/aromatic N) is 3. The van der Waals surface area contributed by atoms with Crippen molar-refractivity contribution < 1.29 is 14.8 Å². The third kappa shape index (κ3) is 2.24. The number of phenolic OH excluding ortho intramolecular Hbond substituents is 1. The van der Waals surface area contributed by atoms with Crippen LogP contribution in [0.4, 0.5) is 5.69 Å². The zero-order valence-electron chi connectivity index (χ0n) is 12.0. The molecule has 114 valence electrons. The average molecular weight is 301 g/mol. The Morgan fingerprint density at radius 2 is 2.18 bits per heavy atom. The Balaban J connectivity index is 2.19. The minimum absolute atomic E-state index is 0.0176. The van der Waals surface area contributed by atoms with E-state index in [1.165, 1.54) is 18.3 Å². The van der Waals surface area contributed by atoms with E-state index < -0.39 is 4.92 Å². The molecule has 1 aliphatic heterocycles. The van der Waals surface area contributed by atoms with Gasteiger partial charge in [-0.1, -0.05) is 0 Å². The lowest BCUT2D eigenvalue weighted by molar-refractivity contribution is -0.383. The van der Waals surface area contributed by atoms with Gasteiger partial charge in [-0.15, -0.1) is 0 Å². The molecule has 1 aromatic carbocycles. The van der Waals surface area contributed by atoms with Crippen molar-refractivity contribution in [2.75, 3.05) is 13.6 Å². The molecule has 2 heterocycles. The number of pyridine rings is 1. The summed E-state index contributed by atoms with van der Waals surface area (Å²) in [6.07, 6.45) is 2.56. The molecular formula is C15H15N3O4. The molecule has 1 fully saturated rings. The fourth-order valence-electron chi connectivity index (χ4n) is 2.96. The van der Waals surface area contributed by atoms with Crippen LogP contribution in [0.3, 0.4) is 0 Å². The van der Waals surface area contributed by atoms with Crippen LogP contribution >= 0.6 is 0 Å². The number of piperidine rings is 1. The fourth-order valence-corrected chi connectivity index (χ4v) is 2.96. The zero-order valence-corrected chi connectivity index (χ0v) is 12.0. The van der Waals surface area contributed by atoms with Crippen LogP contribution in [-0.4, -0.2) is 39.4 Å². The summed E-state index contributed by atoms with van der Waals surface area (Å²) in [5.74, 6) is -0.180. The van der Waals surface area contributed by atoms with Crippen LogP contribution in [0, 0.1) is 10.1 Å². The predicted molar refractivity (Wildman–Crippen MR) is 79.7 cm³/mol. The largest absolute Gasteiger partial charge is 0.506 e. The number of non-ortho nitro benzene ring substituents is 1. The summed E-state index contributed by atoms with van der Waals surface area (Å²) < 4.78 is 0. The van der Waals surface area contributed by atoms with Crippen LogP contribution in [0.1, 0.15) is 24.3 Å². The molecular weight excluding hydrogens is 286 g/mol. The Labute approximate surface area is 126 Å². The summed E-state index contributed by atoms with van der Waals surface area (Å²) in [4.78, 5) is 28.5. The normalized spacial score (nSPS) is 18.7. The summed E-state index contributed by atoms with van der Waals surface area (Å²) in [5.41, 5.74) is 0.814. The van der Waals surface area contributed by atoms with Gasteiger partial charge in [0.2, 0.25) is 5.91 Å². The molecule has 1 aromatic heterocycles. The molecule has 1 aliphatic rings. The highest BCUT2D eigenvalue weighted by Gasteiger charge is 2.29. The van der Waals surface area contributed by atoms with Gasteiger partial charge in [0.05, 0.1) is 10.3 Å². The van der Waals surface area contributed by atoms with Crippen molar-refractivity contribution in [2.24, 2.45) is 0 Å². The van der Waals surface area contributed by atoms with Gasteiger partial charge in [-0.3, -0.25) is 19.9 Å². The SMILES string of the molecule is CN1CCC(c2ccnc3c(O)ccc([N+](=O)[O-])c23)CC1=O. The van der Waals surface area contributed by atoms with Crippen molar-refractivity contribution in [1.29, 1.82) is 0 Å². The van der Waals surface area contributed by atoms with Gasteiger partial charge in [0.25, 0.3) is 5.69 Å². The van der Waals surface area contributed by atoms with E-state index in [1.807, 2.05) is 0 Å². The Bertz CT molecular complexity index is 775. The minimum atomic E-state index is -0.482. The second kappa shape index (κ2) is 5.25. The van der Waals surface area contributed by atoms with Crippen molar-refractivity contribution in [3.8, 4) is 5.75 Å². The van der Waals surface area contributed by atoms with Crippen molar-refractivity contribution in [2.45, 2.75) is 18.8 Å². The first kappa shape index (κ1) is 14.2. The van der Waals surface area contributed by atoms with E-state index in [4.69, 9.17) is 0 Å². The number of aromatic nitrogens is 1. The number of nitro benzene ring substituents is 1. The van der Waals surface area contributed by atoms with Gasteiger partial charge in [-0.2, -0.15) is 0 Å². The molecule has 1 atom stereocenters. The first-order chi connectivity index (χ1) is 10.5. The molecule has 1 amide bonds. The molecule has 0 radical (unpaired) electrons. The van der Waals surface area contributed by atoms with Gasteiger partial charge >= 0.3 is 0 Å². The lowest BCUT2D eigenvalue weighted by Gasteiger charge is -2.29. The molecule has 0 saturated carbocycles. The maximum Gasteiger partial charge on any atom is 0.279 e. The number of hydrogen-bond donors (Lipinski definition) is 1. The molecule has 7 nitrogen and oxygen atoms in total. The van der Waals surface area contributed by atoms with Gasteiger partial charge in [-0.25, -0.2) is 0 Å². The van der Waals surface area contributed by atoms with Crippen molar-refractivity contribution in [1.82, 2.24) is 9.88 Å². The highest BCUT2D eigenvalue weighted by Crippen LogP contribution is 2.39. The van der Waals surface area contributed by atoms with Crippen LogP contribution in [-0.2, 0) is 4.79 Å². The van der Waals surface area contributed by atoms with Crippen molar-refractivity contribution >= 4 is 22.5 Å². The third-order valence-electron chi connectivity index (χ3n) is 4.18. The van der Waals surface area contributed by atoms with E-state index in [0.29, 0.717) is 23.9 Å². The number of hydrogen-bond acceptors (Lipinski definition) is 5. The molecule has 1 saturated heterocycles. The monoisotopic (exact) mass is 301 g/mol. The summed E-state index contributed by atoms with van der Waals surface area (Å²) in [5, 5.41) is 21.6. The number of fused-ring (bicyclic) bond motifs is 1. The summed E-state index contributed by atoms with van der Waals surface area (Å²) in [7, 11) is 1.75. The number of benzene rings is 1. The number of likely N-dealkylation sites (tertiary alicyclic amines) is 1. The average Bonchev–Trinajstić information content (AvgIpc) is 2.50. The van der Waals surface area contributed by atoms with Crippen LogP contribution in [0.2, 0.25) is 0 Å². The van der Waals surface area contributed by atoms with E-state index in [1.54, 1.807) is 18.0 Å². The number of amides is 1. The predicted octanol–water partition coefficient (Wildman–Crippen LogP) is 2.18. The van der Waals surface area contributed by atoms with Crippen LogP contribution < -0.4 is 0 Å². The number of carbonyl (C=O) groups is 1. The molecule has 7 heteroatoms. The number of rotatable bonds is 2. The number of carbonyl (C=O) groups excluding carboxylic acids is 1. The lowest BCUT2D eigenvalue weighted by atomic mass is 9.86. The molecule has 22 heavy (non-hydrogen) atoms. The molecule has 1 N–H and O–H groups in total. The van der Waals surface area contributed by atoms with Gasteiger partial charge in [-0.05, 0) is 30.0 Å². The molecule has 3 rings (SSSR count). The second-order valence-electron chi connectivity index (χ2n) is 5.49. The molecule has 1 unspecified atom stereocenters. The quantitative estimate of drug-likeness (QED) is 0.677. The number of aromatic hydroxyl groups is 1.